The summed E-state index contributed by atoms with van der Waals surface area (Å²) in [5.74, 6) is -0.356. The number of carbonyl (C=O) groups is 1. The maximum atomic E-state index is 13.3. The molecule has 2 aromatic carbocycles. The molecule has 98 valence electrons. The number of benzene rings is 2. The first kappa shape index (κ1) is 12.9. The second-order valence-corrected chi connectivity index (χ2v) is 4.17. The summed E-state index contributed by atoms with van der Waals surface area (Å²) < 4.78 is 13.3. The van der Waals surface area contributed by atoms with Crippen LogP contribution in [0.1, 0.15) is 5.56 Å². The summed E-state index contributed by atoms with van der Waals surface area (Å²) in [6.45, 7) is 1.66. The number of nitrogen functional groups attached to an aromatic ring is 1. The Labute approximate surface area is 110 Å². The molecule has 0 atom stereocenters. The third kappa shape index (κ3) is 3.45. The number of amides is 2. The lowest BCUT2D eigenvalue weighted by Crippen LogP contribution is -2.19. The van der Waals surface area contributed by atoms with Crippen LogP contribution >= 0.6 is 0 Å². The molecule has 0 aromatic heterocycles. The first-order valence-electron chi connectivity index (χ1n) is 5.74. The molecule has 2 rings (SSSR count). The van der Waals surface area contributed by atoms with Gasteiger partial charge >= 0.3 is 6.03 Å². The Balaban J connectivity index is 2.01. The van der Waals surface area contributed by atoms with Crippen LogP contribution in [0.25, 0.3) is 0 Å². The minimum Gasteiger partial charge on any atom is -0.399 e. The third-order valence-corrected chi connectivity index (χ3v) is 2.60. The summed E-state index contributed by atoms with van der Waals surface area (Å²) in [5.41, 5.74) is 7.70. The van der Waals surface area contributed by atoms with Crippen LogP contribution in [0, 0.1) is 12.7 Å². The summed E-state index contributed by atoms with van der Waals surface area (Å²) in [5, 5.41) is 5.18. The maximum Gasteiger partial charge on any atom is 0.323 e. The fraction of sp³-hybridized carbons (Fsp3) is 0.0714. The summed E-state index contributed by atoms with van der Waals surface area (Å²) >= 11 is 0. The van der Waals surface area contributed by atoms with Crippen molar-refractivity contribution in [2.75, 3.05) is 16.4 Å². The van der Waals surface area contributed by atoms with Gasteiger partial charge in [0.1, 0.15) is 5.82 Å². The second kappa shape index (κ2) is 5.39. The van der Waals surface area contributed by atoms with Crippen molar-refractivity contribution in [3.63, 3.8) is 0 Å². The Morgan fingerprint density at radius 3 is 2.26 bits per heavy atom. The summed E-state index contributed by atoms with van der Waals surface area (Å²) in [6.07, 6.45) is 0. The first-order valence-corrected chi connectivity index (χ1v) is 5.74. The van der Waals surface area contributed by atoms with Gasteiger partial charge in [-0.2, -0.15) is 0 Å². The number of hydrogen-bond acceptors (Lipinski definition) is 2. The molecular formula is C14H14FN3O. The van der Waals surface area contributed by atoms with E-state index in [-0.39, 0.29) is 5.82 Å². The number of hydrogen-bond donors (Lipinski definition) is 3. The summed E-state index contributed by atoms with van der Waals surface area (Å²) in [7, 11) is 0. The molecule has 0 saturated carbocycles. The fourth-order valence-corrected chi connectivity index (χ4v) is 1.53. The largest absolute Gasteiger partial charge is 0.399 e. The molecule has 2 amide bonds. The number of halogens is 1. The van der Waals surface area contributed by atoms with Crippen molar-refractivity contribution in [3.05, 3.63) is 53.8 Å². The molecule has 0 aliphatic carbocycles. The highest BCUT2D eigenvalue weighted by Crippen LogP contribution is 2.15. The van der Waals surface area contributed by atoms with Crippen molar-refractivity contribution < 1.29 is 9.18 Å². The van der Waals surface area contributed by atoms with Crippen LogP contribution in [0.3, 0.4) is 0 Å². The number of anilines is 3. The highest BCUT2D eigenvalue weighted by Gasteiger charge is 2.04. The Hall–Kier alpha value is -2.56. The molecule has 0 fully saturated rings. The van der Waals surface area contributed by atoms with Crippen molar-refractivity contribution in [2.45, 2.75) is 6.92 Å². The number of rotatable bonds is 2. The highest BCUT2D eigenvalue weighted by atomic mass is 19.1. The van der Waals surface area contributed by atoms with E-state index in [0.29, 0.717) is 22.6 Å². The fourth-order valence-electron chi connectivity index (χ4n) is 1.53. The molecule has 0 spiro atoms. The standard InChI is InChI=1S/C14H14FN3O/c1-9-2-5-12(8-13(9)15)18-14(19)17-11-6-3-10(16)4-7-11/h2-8H,16H2,1H3,(H2,17,18,19). The molecule has 0 saturated heterocycles. The van der Waals surface area contributed by atoms with Gasteiger partial charge in [0, 0.05) is 17.1 Å². The topological polar surface area (TPSA) is 67.2 Å². The molecule has 4 nitrogen and oxygen atoms in total. The minimum atomic E-state index is -0.437. The van der Waals surface area contributed by atoms with E-state index in [1.165, 1.54) is 6.07 Å². The van der Waals surface area contributed by atoms with Crippen molar-refractivity contribution in [1.82, 2.24) is 0 Å². The normalized spacial score (nSPS) is 10.0. The number of nitrogens with one attached hydrogen (secondary N) is 2. The van der Waals surface area contributed by atoms with Crippen LogP contribution in [0.2, 0.25) is 0 Å². The Morgan fingerprint density at radius 2 is 1.63 bits per heavy atom. The number of aryl methyl sites for hydroxylation is 1. The van der Waals surface area contributed by atoms with Gasteiger partial charge in [0.2, 0.25) is 0 Å². The average molecular weight is 259 g/mol. The van der Waals surface area contributed by atoms with Crippen LogP contribution in [0.5, 0.6) is 0 Å². The maximum absolute atomic E-state index is 13.3. The van der Waals surface area contributed by atoms with Crippen molar-refractivity contribution in [3.8, 4) is 0 Å². The zero-order valence-electron chi connectivity index (χ0n) is 10.4. The van der Waals surface area contributed by atoms with Crippen molar-refractivity contribution >= 4 is 23.1 Å². The summed E-state index contributed by atoms with van der Waals surface area (Å²) in [4.78, 5) is 11.7. The van der Waals surface area contributed by atoms with Gasteiger partial charge in [0.25, 0.3) is 0 Å². The molecule has 19 heavy (non-hydrogen) atoms. The highest BCUT2D eigenvalue weighted by molar-refractivity contribution is 5.99. The SMILES string of the molecule is Cc1ccc(NC(=O)Nc2ccc(N)cc2)cc1F. The van der Waals surface area contributed by atoms with Crippen LogP contribution < -0.4 is 16.4 Å². The number of carbonyl (C=O) groups excluding carboxylic acids is 1. The molecule has 0 radical (unpaired) electrons. The summed E-state index contributed by atoms with van der Waals surface area (Å²) in [6, 6.07) is 10.8. The van der Waals surface area contributed by atoms with Crippen LogP contribution in [-0.2, 0) is 0 Å². The molecule has 2 aromatic rings. The molecule has 0 bridgehead atoms. The predicted octanol–water partition coefficient (Wildman–Crippen LogP) is 3.36. The number of nitrogens with two attached hydrogens (primary N) is 1. The van der Waals surface area contributed by atoms with E-state index in [4.69, 9.17) is 5.73 Å². The van der Waals surface area contributed by atoms with Crippen LogP contribution in [0.4, 0.5) is 26.2 Å². The van der Waals surface area contributed by atoms with Gasteiger partial charge < -0.3 is 16.4 Å². The molecule has 0 heterocycles. The smallest absolute Gasteiger partial charge is 0.323 e. The van der Waals surface area contributed by atoms with E-state index in [1.807, 2.05) is 0 Å². The molecule has 5 heteroatoms. The van der Waals surface area contributed by atoms with Gasteiger partial charge in [-0.3, -0.25) is 0 Å². The Morgan fingerprint density at radius 1 is 1.05 bits per heavy atom. The van der Waals surface area contributed by atoms with E-state index < -0.39 is 6.03 Å². The van der Waals surface area contributed by atoms with Crippen molar-refractivity contribution in [2.24, 2.45) is 0 Å². The van der Waals surface area contributed by atoms with Gasteiger partial charge in [-0.15, -0.1) is 0 Å². The molecule has 0 unspecified atom stereocenters. The molecule has 0 aliphatic heterocycles. The van der Waals surface area contributed by atoms with Gasteiger partial charge in [-0.25, -0.2) is 9.18 Å². The van der Waals surface area contributed by atoms with Gasteiger partial charge in [-0.1, -0.05) is 6.07 Å². The van der Waals surface area contributed by atoms with E-state index in [2.05, 4.69) is 10.6 Å². The first-order chi connectivity index (χ1) is 9.04. The second-order valence-electron chi connectivity index (χ2n) is 4.17. The predicted molar refractivity (Wildman–Crippen MR) is 74.6 cm³/mol. The quantitative estimate of drug-likeness (QED) is 0.724. The van der Waals surface area contributed by atoms with Gasteiger partial charge in [-0.05, 0) is 48.9 Å². The Bertz CT molecular complexity index is 596. The Kier molecular flexibility index (Phi) is 3.66. The lowest BCUT2D eigenvalue weighted by Gasteiger charge is -2.08. The molecular weight excluding hydrogens is 245 g/mol. The van der Waals surface area contributed by atoms with Gasteiger partial charge in [0.05, 0.1) is 0 Å². The third-order valence-electron chi connectivity index (χ3n) is 2.60. The monoisotopic (exact) mass is 259 g/mol. The van der Waals surface area contributed by atoms with E-state index in [9.17, 15) is 9.18 Å². The van der Waals surface area contributed by atoms with Gasteiger partial charge in [0.15, 0.2) is 0 Å². The zero-order valence-corrected chi connectivity index (χ0v) is 10.4. The van der Waals surface area contributed by atoms with Crippen LogP contribution in [-0.4, -0.2) is 6.03 Å². The van der Waals surface area contributed by atoms with E-state index in [0.717, 1.165) is 0 Å². The lowest BCUT2D eigenvalue weighted by molar-refractivity contribution is 0.262. The number of urea groups is 1. The van der Waals surface area contributed by atoms with E-state index >= 15 is 0 Å². The molecule has 4 N–H and O–H groups in total. The van der Waals surface area contributed by atoms with E-state index in [1.54, 1.807) is 43.3 Å². The molecule has 0 aliphatic rings. The average Bonchev–Trinajstić information content (AvgIpc) is 2.37. The van der Waals surface area contributed by atoms with Crippen molar-refractivity contribution in [1.29, 1.82) is 0 Å². The lowest BCUT2D eigenvalue weighted by atomic mass is 10.2. The van der Waals surface area contributed by atoms with Crippen LogP contribution in [0.15, 0.2) is 42.5 Å². The zero-order chi connectivity index (χ0) is 13.8. The minimum absolute atomic E-state index is 0.356.